The summed E-state index contributed by atoms with van der Waals surface area (Å²) in [7, 11) is 0. The zero-order chi connectivity index (χ0) is 17.4. The van der Waals surface area contributed by atoms with E-state index in [2.05, 4.69) is 10.6 Å². The van der Waals surface area contributed by atoms with Crippen molar-refractivity contribution < 1.29 is 9.59 Å². The second-order valence-corrected chi connectivity index (χ2v) is 6.56. The minimum absolute atomic E-state index is 0.0154. The number of anilines is 1. The maximum Gasteiger partial charge on any atom is 0.243 e. The molecule has 126 valence electrons. The highest BCUT2D eigenvalue weighted by Crippen LogP contribution is 2.19. The number of thioether (sulfide) groups is 1. The van der Waals surface area contributed by atoms with Gasteiger partial charge < -0.3 is 10.6 Å². The number of hydrogen-bond acceptors (Lipinski definition) is 3. The Kier molecular flexibility index (Phi) is 6.88. The van der Waals surface area contributed by atoms with Crippen molar-refractivity contribution in [3.05, 3.63) is 65.2 Å². The van der Waals surface area contributed by atoms with E-state index in [1.54, 1.807) is 0 Å². The summed E-state index contributed by atoms with van der Waals surface area (Å²) in [5.74, 6) is 0.774. The molecule has 2 N–H and O–H groups in total. The van der Waals surface area contributed by atoms with Crippen molar-refractivity contribution in [1.29, 1.82) is 0 Å². The molecule has 2 rings (SSSR count). The Labute approximate surface area is 147 Å². The lowest BCUT2D eigenvalue weighted by Gasteiger charge is -2.12. The normalized spacial score (nSPS) is 10.2. The zero-order valence-electron chi connectivity index (χ0n) is 14.0. The summed E-state index contributed by atoms with van der Waals surface area (Å²) in [5.41, 5.74) is 4.01. The van der Waals surface area contributed by atoms with Crippen molar-refractivity contribution in [2.45, 2.75) is 19.6 Å². The van der Waals surface area contributed by atoms with Gasteiger partial charge in [-0.15, -0.1) is 11.8 Å². The Morgan fingerprint density at radius 2 is 1.58 bits per heavy atom. The van der Waals surface area contributed by atoms with Crippen molar-refractivity contribution >= 4 is 29.3 Å². The Morgan fingerprint density at radius 3 is 2.25 bits per heavy atom. The van der Waals surface area contributed by atoms with Crippen LogP contribution in [0, 0.1) is 13.8 Å². The minimum atomic E-state index is -0.214. The van der Waals surface area contributed by atoms with E-state index >= 15 is 0 Å². The van der Waals surface area contributed by atoms with Crippen LogP contribution in [-0.4, -0.2) is 24.1 Å². The maximum atomic E-state index is 12.0. The lowest BCUT2D eigenvalue weighted by Crippen LogP contribution is -2.34. The van der Waals surface area contributed by atoms with Crippen LogP contribution in [0.3, 0.4) is 0 Å². The monoisotopic (exact) mass is 342 g/mol. The molecular formula is C19H22N2O2S. The fraction of sp³-hybridized carbons (Fsp3) is 0.263. The van der Waals surface area contributed by atoms with Crippen LogP contribution in [0.25, 0.3) is 0 Å². The van der Waals surface area contributed by atoms with E-state index in [0.29, 0.717) is 5.75 Å². The summed E-state index contributed by atoms with van der Waals surface area (Å²) >= 11 is 1.53. The van der Waals surface area contributed by atoms with Crippen LogP contribution in [0.2, 0.25) is 0 Å². The molecule has 2 amide bonds. The number of amides is 2. The molecular weight excluding hydrogens is 320 g/mol. The average molecular weight is 342 g/mol. The Hall–Kier alpha value is -2.27. The van der Waals surface area contributed by atoms with Gasteiger partial charge in [0.2, 0.25) is 11.8 Å². The van der Waals surface area contributed by atoms with Gasteiger partial charge in [-0.1, -0.05) is 48.5 Å². The fourth-order valence-electron chi connectivity index (χ4n) is 2.26. The molecule has 0 saturated carbocycles. The highest BCUT2D eigenvalue weighted by Gasteiger charge is 2.09. The van der Waals surface area contributed by atoms with Gasteiger partial charge in [-0.3, -0.25) is 9.59 Å². The standard InChI is InChI=1S/C19H22N2O2S/c1-14-7-6-8-15(2)19(14)21-17(22)11-20-18(23)13-24-12-16-9-4-3-5-10-16/h3-10H,11-13H2,1-2H3,(H,20,23)(H,21,22). The van der Waals surface area contributed by atoms with E-state index < -0.39 is 0 Å². The second kappa shape index (κ2) is 9.13. The summed E-state index contributed by atoms with van der Waals surface area (Å²) in [4.78, 5) is 23.8. The Morgan fingerprint density at radius 1 is 0.917 bits per heavy atom. The van der Waals surface area contributed by atoms with E-state index in [1.807, 2.05) is 62.4 Å². The van der Waals surface area contributed by atoms with E-state index in [9.17, 15) is 9.59 Å². The molecule has 4 nitrogen and oxygen atoms in total. The number of nitrogens with one attached hydrogen (secondary N) is 2. The highest BCUT2D eigenvalue weighted by atomic mass is 32.2. The van der Waals surface area contributed by atoms with E-state index in [1.165, 1.54) is 17.3 Å². The molecule has 0 radical (unpaired) electrons. The van der Waals surface area contributed by atoms with Crippen LogP contribution in [0.4, 0.5) is 5.69 Å². The quantitative estimate of drug-likeness (QED) is 0.812. The molecule has 0 aliphatic rings. The zero-order valence-corrected chi connectivity index (χ0v) is 14.8. The van der Waals surface area contributed by atoms with Crippen LogP contribution in [0.5, 0.6) is 0 Å². The largest absolute Gasteiger partial charge is 0.346 e. The molecule has 0 saturated heterocycles. The topological polar surface area (TPSA) is 58.2 Å². The van der Waals surface area contributed by atoms with Crippen molar-refractivity contribution in [3.63, 3.8) is 0 Å². The molecule has 24 heavy (non-hydrogen) atoms. The third-order valence-electron chi connectivity index (χ3n) is 3.54. The smallest absolute Gasteiger partial charge is 0.243 e. The van der Waals surface area contributed by atoms with Gasteiger partial charge in [-0.25, -0.2) is 0 Å². The van der Waals surface area contributed by atoms with Gasteiger partial charge in [0, 0.05) is 11.4 Å². The summed E-state index contributed by atoms with van der Waals surface area (Å²) in [6, 6.07) is 15.8. The van der Waals surface area contributed by atoms with Crippen LogP contribution in [-0.2, 0) is 15.3 Å². The summed E-state index contributed by atoms with van der Waals surface area (Å²) < 4.78 is 0. The molecule has 0 bridgehead atoms. The molecule has 0 atom stereocenters. The molecule has 0 unspecified atom stereocenters. The SMILES string of the molecule is Cc1cccc(C)c1NC(=O)CNC(=O)CSCc1ccccc1. The van der Waals surface area contributed by atoms with Gasteiger partial charge in [0.25, 0.3) is 0 Å². The third-order valence-corrected chi connectivity index (χ3v) is 4.54. The first kappa shape index (κ1) is 18.1. The van der Waals surface area contributed by atoms with Crippen LogP contribution >= 0.6 is 11.8 Å². The lowest BCUT2D eigenvalue weighted by atomic mass is 10.1. The number of para-hydroxylation sites is 1. The van der Waals surface area contributed by atoms with Crippen molar-refractivity contribution in [2.24, 2.45) is 0 Å². The van der Waals surface area contributed by atoms with Crippen LogP contribution in [0.15, 0.2) is 48.5 Å². The molecule has 2 aromatic carbocycles. The second-order valence-electron chi connectivity index (χ2n) is 5.57. The average Bonchev–Trinajstić information content (AvgIpc) is 2.57. The van der Waals surface area contributed by atoms with Crippen LogP contribution < -0.4 is 10.6 Å². The fourth-order valence-corrected chi connectivity index (χ4v) is 3.08. The summed E-state index contributed by atoms with van der Waals surface area (Å²) in [6.45, 7) is 3.88. The molecule has 2 aromatic rings. The summed E-state index contributed by atoms with van der Waals surface area (Å²) in [6.07, 6.45) is 0. The highest BCUT2D eigenvalue weighted by molar-refractivity contribution is 7.99. The first-order chi connectivity index (χ1) is 11.6. The first-order valence-electron chi connectivity index (χ1n) is 7.80. The van der Waals surface area contributed by atoms with E-state index in [-0.39, 0.29) is 18.4 Å². The van der Waals surface area contributed by atoms with Gasteiger partial charge >= 0.3 is 0 Å². The van der Waals surface area contributed by atoms with Gasteiger partial charge in [-0.2, -0.15) is 0 Å². The van der Waals surface area contributed by atoms with Gasteiger partial charge in [-0.05, 0) is 30.5 Å². The third kappa shape index (κ3) is 5.74. The number of benzene rings is 2. The lowest BCUT2D eigenvalue weighted by molar-refractivity contribution is -0.122. The van der Waals surface area contributed by atoms with E-state index in [0.717, 1.165) is 22.6 Å². The number of aryl methyl sites for hydroxylation is 2. The molecule has 0 fully saturated rings. The molecule has 0 aliphatic carbocycles. The van der Waals surface area contributed by atoms with E-state index in [4.69, 9.17) is 0 Å². The van der Waals surface area contributed by atoms with Gasteiger partial charge in [0.1, 0.15) is 0 Å². The van der Waals surface area contributed by atoms with Crippen LogP contribution in [0.1, 0.15) is 16.7 Å². The van der Waals surface area contributed by atoms with Gasteiger partial charge in [0.05, 0.1) is 12.3 Å². The minimum Gasteiger partial charge on any atom is -0.346 e. The number of carbonyl (C=O) groups is 2. The predicted octanol–water partition coefficient (Wildman–Crippen LogP) is 3.29. The molecule has 0 heterocycles. The molecule has 0 aromatic heterocycles. The molecule has 0 spiro atoms. The molecule has 5 heteroatoms. The number of hydrogen-bond donors (Lipinski definition) is 2. The first-order valence-corrected chi connectivity index (χ1v) is 8.96. The maximum absolute atomic E-state index is 12.0. The predicted molar refractivity (Wildman–Crippen MR) is 100 cm³/mol. The molecule has 0 aliphatic heterocycles. The van der Waals surface area contributed by atoms with Gasteiger partial charge in [0.15, 0.2) is 0 Å². The van der Waals surface area contributed by atoms with Crippen molar-refractivity contribution in [3.8, 4) is 0 Å². The van der Waals surface area contributed by atoms with Crippen molar-refractivity contribution in [2.75, 3.05) is 17.6 Å². The number of carbonyl (C=O) groups excluding carboxylic acids is 2. The Bertz CT molecular complexity index is 682. The number of rotatable bonds is 7. The Balaban J connectivity index is 1.70. The summed E-state index contributed by atoms with van der Waals surface area (Å²) in [5, 5.41) is 5.51. The van der Waals surface area contributed by atoms with Crippen molar-refractivity contribution in [1.82, 2.24) is 5.32 Å².